The molecule has 67 heavy (non-hydrogen) atoms. The lowest BCUT2D eigenvalue weighted by molar-refractivity contribution is -0.247. The van der Waals surface area contributed by atoms with E-state index >= 15 is 9.59 Å². The molecule has 8 rings (SSSR count). The highest BCUT2D eigenvalue weighted by Crippen LogP contribution is 2.54. The number of allylic oxidation sites excluding steroid dienone is 1. The monoisotopic (exact) mass is 912 g/mol. The van der Waals surface area contributed by atoms with Crippen molar-refractivity contribution in [1.82, 2.24) is 4.90 Å². The number of carbonyl (C=O) groups is 3. The van der Waals surface area contributed by atoms with Crippen LogP contribution in [0, 0.1) is 0 Å². The summed E-state index contributed by atoms with van der Waals surface area (Å²) in [6.07, 6.45) is -5.52. The lowest BCUT2D eigenvalue weighted by atomic mass is 9.70. The first-order valence-electron chi connectivity index (χ1n) is 22.3. The van der Waals surface area contributed by atoms with Crippen molar-refractivity contribution in [2.75, 3.05) is 41.0 Å². The molecule has 3 aliphatic rings. The van der Waals surface area contributed by atoms with Gasteiger partial charge in [0.2, 0.25) is 5.78 Å². The third-order valence-corrected chi connectivity index (χ3v) is 13.2. The zero-order valence-electron chi connectivity index (χ0n) is 38.1. The SMILES string of the molecule is COc1ccc(C(C)/C(=C(\c2ccccc2)c2ccc(OCCN(C)C)cc2)c2ccccc2)c2c1C(=O)c1c(O)c3c(c(O)c1C2=O)C[C@@](O)(C(=O)CO)C[C@@H]3O[C@H]1C[C@H](N)[C@H](O)[C@H](C)O1. The lowest BCUT2D eigenvalue weighted by Gasteiger charge is -2.42. The number of likely N-dealkylation sites (N-methyl/N-ethyl adjacent to an activating group) is 1. The second-order valence-electron chi connectivity index (χ2n) is 17.8. The Kier molecular flexibility index (Phi) is 13.5. The summed E-state index contributed by atoms with van der Waals surface area (Å²) >= 11 is 0. The molecule has 1 aliphatic heterocycles. The summed E-state index contributed by atoms with van der Waals surface area (Å²) < 4.78 is 23.9. The summed E-state index contributed by atoms with van der Waals surface area (Å²) in [5.74, 6) is -3.95. The van der Waals surface area contributed by atoms with Crippen LogP contribution in [0.15, 0.2) is 97.1 Å². The van der Waals surface area contributed by atoms with Crippen molar-refractivity contribution in [3.63, 3.8) is 0 Å². The van der Waals surface area contributed by atoms with E-state index in [0.717, 1.165) is 34.4 Å². The average molecular weight is 913 g/mol. The number of aliphatic hydroxyl groups excluding tert-OH is 2. The fourth-order valence-corrected chi connectivity index (χ4v) is 9.75. The minimum atomic E-state index is -2.34. The van der Waals surface area contributed by atoms with E-state index < -0.39 is 102 Å². The molecule has 14 nitrogen and oxygen atoms in total. The number of fused-ring (bicyclic) bond motifs is 3. The molecule has 0 aromatic heterocycles. The van der Waals surface area contributed by atoms with Crippen LogP contribution in [0.25, 0.3) is 11.1 Å². The number of methoxy groups -OCH3 is 1. The van der Waals surface area contributed by atoms with E-state index in [1.807, 2.05) is 111 Å². The zero-order chi connectivity index (χ0) is 47.9. The molecule has 2 aliphatic carbocycles. The van der Waals surface area contributed by atoms with Gasteiger partial charge in [0.1, 0.15) is 41.8 Å². The molecule has 1 heterocycles. The predicted molar refractivity (Wildman–Crippen MR) is 249 cm³/mol. The molecule has 0 saturated carbocycles. The molecule has 350 valence electrons. The zero-order valence-corrected chi connectivity index (χ0v) is 38.1. The normalized spacial score (nSPS) is 23.2. The third-order valence-electron chi connectivity index (χ3n) is 13.2. The van der Waals surface area contributed by atoms with Gasteiger partial charge in [-0.15, -0.1) is 0 Å². The first-order chi connectivity index (χ1) is 32.1. The van der Waals surface area contributed by atoms with E-state index in [9.17, 15) is 30.3 Å². The van der Waals surface area contributed by atoms with Gasteiger partial charge in [-0.25, -0.2) is 0 Å². The Balaban J connectivity index is 1.31. The number of carbonyl (C=O) groups excluding carboxylic acids is 3. The molecule has 5 aromatic rings. The standard InChI is InChI=1S/C53H56N2O12/c1-28(41(30-12-8-6-9-13-30)42(31-14-10-7-11-15-31)32-16-18-33(19-17-32)65-23-22-55(3)4)34-20-21-37(64-5)45-44(34)51(61)46-47(52(45)62)50(60)43-35(49(46)59)25-53(63,39(57)27-56)26-38(43)67-40-24-36(54)48(58)29(2)66-40/h6-21,28-29,36,38,40,48,56,58-60,63H,22-27,54H2,1-5H3/b42-41-/t28?,29-,36-,38-,40-,48+,53-/m0/s1. The average Bonchev–Trinajstić information content (AvgIpc) is 3.32. The smallest absolute Gasteiger partial charge is 0.202 e. The second kappa shape index (κ2) is 19.2. The number of hydrogen-bond donors (Lipinski definition) is 6. The van der Waals surface area contributed by atoms with Crippen molar-refractivity contribution in [3.05, 3.63) is 153 Å². The molecule has 0 spiro atoms. The number of phenolic OH excluding ortho intramolecular Hbond substituents is 2. The lowest BCUT2D eigenvalue weighted by Crippen LogP contribution is -2.53. The van der Waals surface area contributed by atoms with Crippen molar-refractivity contribution in [3.8, 4) is 23.0 Å². The van der Waals surface area contributed by atoms with Crippen LogP contribution in [0.2, 0.25) is 0 Å². The van der Waals surface area contributed by atoms with Gasteiger partial charge in [-0.3, -0.25) is 14.4 Å². The van der Waals surface area contributed by atoms with Gasteiger partial charge in [-0.1, -0.05) is 85.8 Å². The Morgan fingerprint density at radius 3 is 2.09 bits per heavy atom. The third kappa shape index (κ3) is 8.78. The maximum atomic E-state index is 15.4. The topological polar surface area (TPSA) is 219 Å². The summed E-state index contributed by atoms with van der Waals surface area (Å²) in [6.45, 7) is 3.70. The molecule has 7 atom stereocenters. The van der Waals surface area contributed by atoms with E-state index in [1.165, 1.54) is 7.11 Å². The van der Waals surface area contributed by atoms with Gasteiger partial charge in [0.15, 0.2) is 17.9 Å². The number of ketones is 3. The molecule has 1 unspecified atom stereocenters. The van der Waals surface area contributed by atoms with Gasteiger partial charge in [0, 0.05) is 54.5 Å². The van der Waals surface area contributed by atoms with Gasteiger partial charge in [0.25, 0.3) is 0 Å². The van der Waals surface area contributed by atoms with Crippen LogP contribution in [0.3, 0.4) is 0 Å². The van der Waals surface area contributed by atoms with E-state index in [-0.39, 0.29) is 34.4 Å². The van der Waals surface area contributed by atoms with Crippen LogP contribution >= 0.6 is 0 Å². The maximum Gasteiger partial charge on any atom is 0.202 e. The van der Waals surface area contributed by atoms with Crippen LogP contribution in [0.4, 0.5) is 0 Å². The molecule has 14 heteroatoms. The summed E-state index contributed by atoms with van der Waals surface area (Å²) in [7, 11) is 5.32. The van der Waals surface area contributed by atoms with Gasteiger partial charge >= 0.3 is 0 Å². The molecular formula is C53H56N2O12. The van der Waals surface area contributed by atoms with Crippen molar-refractivity contribution in [2.24, 2.45) is 5.73 Å². The van der Waals surface area contributed by atoms with Gasteiger partial charge in [-0.05, 0) is 72.6 Å². The predicted octanol–water partition coefficient (Wildman–Crippen LogP) is 5.70. The number of Topliss-reactive ketones (excluding diaryl/α,β-unsaturated/α-hetero) is 1. The van der Waals surface area contributed by atoms with E-state index in [4.69, 9.17) is 24.7 Å². The highest BCUT2D eigenvalue weighted by Gasteiger charge is 2.50. The summed E-state index contributed by atoms with van der Waals surface area (Å²) in [4.78, 5) is 45.8. The minimum Gasteiger partial charge on any atom is -0.507 e. The van der Waals surface area contributed by atoms with Crippen LogP contribution in [-0.2, 0) is 20.7 Å². The molecule has 0 bridgehead atoms. The maximum absolute atomic E-state index is 15.4. The van der Waals surface area contributed by atoms with Gasteiger partial charge in [0.05, 0.1) is 42.1 Å². The second-order valence-corrected chi connectivity index (χ2v) is 17.8. The fraction of sp³-hybridized carbons (Fsp3) is 0.340. The Bertz CT molecular complexity index is 2710. The van der Waals surface area contributed by atoms with Crippen molar-refractivity contribution in [2.45, 2.75) is 75.3 Å². The first kappa shape index (κ1) is 47.3. The van der Waals surface area contributed by atoms with E-state index in [2.05, 4.69) is 0 Å². The fourth-order valence-electron chi connectivity index (χ4n) is 9.75. The van der Waals surface area contributed by atoms with Crippen LogP contribution in [-0.4, -0.2) is 119 Å². The molecule has 0 radical (unpaired) electrons. The molecule has 5 aromatic carbocycles. The van der Waals surface area contributed by atoms with E-state index in [1.54, 1.807) is 19.1 Å². The first-order valence-corrected chi connectivity index (χ1v) is 22.3. The van der Waals surface area contributed by atoms with Gasteiger partial charge in [-0.2, -0.15) is 0 Å². The number of benzene rings is 5. The van der Waals surface area contributed by atoms with Crippen molar-refractivity contribution >= 4 is 28.5 Å². The number of aromatic hydroxyl groups is 2. The number of rotatable bonds is 14. The summed E-state index contributed by atoms with van der Waals surface area (Å²) in [5.41, 5.74) is 6.89. The number of phenols is 2. The Labute approximate surface area is 388 Å². The number of nitrogens with two attached hydrogens (primary N) is 1. The molecule has 0 amide bonds. The Morgan fingerprint density at radius 2 is 1.48 bits per heavy atom. The van der Waals surface area contributed by atoms with Crippen molar-refractivity contribution < 1.29 is 58.9 Å². The number of nitrogens with zero attached hydrogens (tertiary/aromatic N) is 1. The van der Waals surface area contributed by atoms with Crippen LogP contribution in [0.1, 0.15) is 104 Å². The molecule has 1 fully saturated rings. The summed E-state index contributed by atoms with van der Waals surface area (Å²) in [5, 5.41) is 56.8. The van der Waals surface area contributed by atoms with E-state index in [0.29, 0.717) is 17.9 Å². The van der Waals surface area contributed by atoms with Crippen LogP contribution < -0.4 is 15.2 Å². The number of ether oxygens (including phenoxy) is 4. The largest absolute Gasteiger partial charge is 0.507 e. The minimum absolute atomic E-state index is 0.0213. The quantitative estimate of drug-likeness (QED) is 0.0571. The highest BCUT2D eigenvalue weighted by molar-refractivity contribution is 6.32. The van der Waals surface area contributed by atoms with Crippen molar-refractivity contribution in [1.29, 1.82) is 0 Å². The number of aliphatic hydroxyl groups is 3. The molecular weight excluding hydrogens is 857 g/mol. The Hall–Kier alpha value is -6.23. The summed E-state index contributed by atoms with van der Waals surface area (Å²) in [6, 6.07) is 29.9. The Morgan fingerprint density at radius 1 is 0.866 bits per heavy atom. The van der Waals surface area contributed by atoms with Gasteiger partial charge < -0.3 is 55.1 Å². The molecule has 1 saturated heterocycles. The highest BCUT2D eigenvalue weighted by atomic mass is 16.7. The van der Waals surface area contributed by atoms with Crippen LogP contribution in [0.5, 0.6) is 23.0 Å². The number of hydrogen-bond acceptors (Lipinski definition) is 14. The molecule has 7 N–H and O–H groups in total.